The Balaban J connectivity index is 2.07. The van der Waals surface area contributed by atoms with Gasteiger partial charge in [-0.2, -0.15) is 0 Å². The number of imidazole rings is 1. The molecule has 102 valence electrons. The lowest BCUT2D eigenvalue weighted by molar-refractivity contribution is 0.0698. The number of aromatic nitrogens is 2. The Hall–Kier alpha value is -2.34. The van der Waals surface area contributed by atoms with E-state index in [-0.39, 0.29) is 11.3 Å². The molecule has 0 fully saturated rings. The van der Waals surface area contributed by atoms with E-state index in [1.54, 1.807) is 23.5 Å². The Morgan fingerprint density at radius 3 is 2.85 bits per heavy atom. The second-order valence-corrected chi connectivity index (χ2v) is 5.45. The minimum Gasteiger partial charge on any atom is -0.478 e. The number of para-hydroxylation sites is 1. The summed E-state index contributed by atoms with van der Waals surface area (Å²) in [7, 11) is 0. The van der Waals surface area contributed by atoms with Crippen molar-refractivity contribution in [2.45, 2.75) is 13.0 Å². The minimum absolute atomic E-state index is 0.145. The van der Waals surface area contributed by atoms with Gasteiger partial charge in [0.05, 0.1) is 16.6 Å². The van der Waals surface area contributed by atoms with Gasteiger partial charge >= 0.3 is 11.7 Å². The van der Waals surface area contributed by atoms with E-state index in [9.17, 15) is 14.7 Å². The highest BCUT2D eigenvalue weighted by molar-refractivity contribution is 7.09. The molecule has 0 bridgehead atoms. The molecule has 0 spiro atoms. The average Bonchev–Trinajstić information content (AvgIpc) is 3.02. The molecule has 2 N–H and O–H groups in total. The van der Waals surface area contributed by atoms with Crippen LogP contribution >= 0.6 is 11.3 Å². The average molecular weight is 288 g/mol. The lowest BCUT2D eigenvalue weighted by Gasteiger charge is -2.04. The number of carboxylic acid groups (broad SMARTS) is 1. The number of hydrogen-bond acceptors (Lipinski definition) is 3. The number of benzene rings is 1. The summed E-state index contributed by atoms with van der Waals surface area (Å²) in [5.74, 6) is -1.03. The summed E-state index contributed by atoms with van der Waals surface area (Å²) in [6.45, 7) is 0.462. The van der Waals surface area contributed by atoms with Crippen LogP contribution in [0.3, 0.4) is 0 Å². The number of hydrogen-bond donors (Lipinski definition) is 2. The van der Waals surface area contributed by atoms with E-state index in [1.807, 2.05) is 17.5 Å². The van der Waals surface area contributed by atoms with Crippen LogP contribution in [0.25, 0.3) is 11.0 Å². The molecule has 0 radical (unpaired) electrons. The third kappa shape index (κ3) is 2.14. The number of carboxylic acids is 1. The van der Waals surface area contributed by atoms with Crippen molar-refractivity contribution >= 4 is 28.3 Å². The van der Waals surface area contributed by atoms with Gasteiger partial charge in [-0.15, -0.1) is 11.3 Å². The van der Waals surface area contributed by atoms with E-state index in [0.717, 1.165) is 0 Å². The highest BCUT2D eigenvalue weighted by atomic mass is 32.1. The predicted octanol–water partition coefficient (Wildman–Crippen LogP) is 2.33. The number of thiophene rings is 1. The number of H-pyrrole nitrogens is 1. The Morgan fingerprint density at radius 1 is 1.30 bits per heavy atom. The largest absolute Gasteiger partial charge is 0.478 e. The molecule has 2 heterocycles. The molecule has 3 aromatic rings. The maximum absolute atomic E-state index is 12.0. The molecule has 0 aliphatic carbocycles. The molecule has 20 heavy (non-hydrogen) atoms. The lowest BCUT2D eigenvalue weighted by atomic mass is 10.2. The van der Waals surface area contributed by atoms with Gasteiger partial charge in [-0.25, -0.2) is 9.59 Å². The molecule has 0 aliphatic heterocycles. The summed E-state index contributed by atoms with van der Waals surface area (Å²) in [5.41, 5.74) is 0.889. The second kappa shape index (κ2) is 4.97. The normalized spacial score (nSPS) is 11.0. The maximum atomic E-state index is 12.0. The van der Waals surface area contributed by atoms with Crippen LogP contribution in [0.15, 0.2) is 40.5 Å². The first-order valence-electron chi connectivity index (χ1n) is 6.14. The molecule has 0 saturated carbocycles. The summed E-state index contributed by atoms with van der Waals surface area (Å²) in [4.78, 5) is 27.1. The number of rotatable bonds is 4. The first kappa shape index (κ1) is 12.7. The van der Waals surface area contributed by atoms with Crippen molar-refractivity contribution in [3.63, 3.8) is 0 Å². The van der Waals surface area contributed by atoms with Crippen LogP contribution in [0.5, 0.6) is 0 Å². The summed E-state index contributed by atoms with van der Waals surface area (Å²) in [5, 5.41) is 11.2. The van der Waals surface area contributed by atoms with Crippen molar-refractivity contribution in [3.8, 4) is 0 Å². The van der Waals surface area contributed by atoms with E-state index >= 15 is 0 Å². The topological polar surface area (TPSA) is 75.1 Å². The molecule has 1 aromatic carbocycles. The van der Waals surface area contributed by atoms with Crippen LogP contribution in [0.1, 0.15) is 15.2 Å². The summed E-state index contributed by atoms with van der Waals surface area (Å²) < 4.78 is 1.50. The molecule has 0 amide bonds. The van der Waals surface area contributed by atoms with Gasteiger partial charge in [0.25, 0.3) is 0 Å². The van der Waals surface area contributed by atoms with E-state index in [0.29, 0.717) is 24.0 Å². The number of nitrogens with one attached hydrogen (secondary N) is 1. The van der Waals surface area contributed by atoms with Crippen molar-refractivity contribution in [2.75, 3.05) is 0 Å². The van der Waals surface area contributed by atoms with E-state index in [4.69, 9.17) is 0 Å². The quantitative estimate of drug-likeness (QED) is 0.773. The first-order valence-corrected chi connectivity index (χ1v) is 7.02. The van der Waals surface area contributed by atoms with Crippen molar-refractivity contribution < 1.29 is 9.90 Å². The lowest BCUT2D eigenvalue weighted by Crippen LogP contribution is -2.18. The number of carbonyl (C=O) groups is 1. The van der Waals surface area contributed by atoms with Crippen LogP contribution in [0, 0.1) is 0 Å². The fourth-order valence-electron chi connectivity index (χ4n) is 2.28. The standard InChI is InChI=1S/C14H12N2O3S/c17-13(18)10-4-1-5-11-12(10)16(14(19)15-11)7-6-9-3-2-8-20-9/h1-5,8H,6-7H2,(H,15,19)(H,17,18). The van der Waals surface area contributed by atoms with Crippen LogP contribution in [-0.2, 0) is 13.0 Å². The van der Waals surface area contributed by atoms with Gasteiger partial charge < -0.3 is 10.1 Å². The summed E-state index contributed by atoms with van der Waals surface area (Å²) in [6, 6.07) is 8.82. The third-order valence-electron chi connectivity index (χ3n) is 3.19. The van der Waals surface area contributed by atoms with Crippen LogP contribution in [-0.4, -0.2) is 20.6 Å². The van der Waals surface area contributed by atoms with Gasteiger partial charge in [0.2, 0.25) is 0 Å². The zero-order valence-corrected chi connectivity index (χ0v) is 11.3. The Kier molecular flexibility index (Phi) is 3.15. The van der Waals surface area contributed by atoms with Gasteiger partial charge in [0, 0.05) is 11.4 Å². The van der Waals surface area contributed by atoms with Crippen molar-refractivity contribution in [1.82, 2.24) is 9.55 Å². The van der Waals surface area contributed by atoms with Crippen molar-refractivity contribution in [2.24, 2.45) is 0 Å². The molecular weight excluding hydrogens is 276 g/mol. The maximum Gasteiger partial charge on any atom is 0.337 e. The fraction of sp³-hybridized carbons (Fsp3) is 0.143. The van der Waals surface area contributed by atoms with E-state index < -0.39 is 5.97 Å². The molecule has 0 aliphatic rings. The van der Waals surface area contributed by atoms with E-state index in [1.165, 1.54) is 15.5 Å². The molecule has 0 atom stereocenters. The number of fused-ring (bicyclic) bond motifs is 1. The SMILES string of the molecule is O=C(O)c1cccc2[nH]c(=O)n(CCc3cccs3)c12. The highest BCUT2D eigenvalue weighted by Gasteiger charge is 2.15. The monoisotopic (exact) mass is 288 g/mol. The van der Waals surface area contributed by atoms with E-state index in [2.05, 4.69) is 4.98 Å². The Morgan fingerprint density at radius 2 is 2.15 bits per heavy atom. The smallest absolute Gasteiger partial charge is 0.337 e. The van der Waals surface area contributed by atoms with Crippen molar-refractivity contribution in [3.05, 3.63) is 56.6 Å². The van der Waals surface area contributed by atoms with Gasteiger partial charge in [0.15, 0.2) is 0 Å². The number of aromatic amines is 1. The van der Waals surface area contributed by atoms with Crippen LogP contribution in [0.2, 0.25) is 0 Å². The Labute approximate surface area is 118 Å². The number of aryl methyl sites for hydroxylation is 2. The van der Waals surface area contributed by atoms with Gasteiger partial charge in [-0.1, -0.05) is 12.1 Å². The molecule has 0 saturated heterocycles. The minimum atomic E-state index is -1.03. The molecule has 3 rings (SSSR count). The van der Waals surface area contributed by atoms with Gasteiger partial charge in [0.1, 0.15) is 0 Å². The van der Waals surface area contributed by atoms with Gasteiger partial charge in [-0.05, 0) is 30.0 Å². The Bertz CT molecular complexity index is 815. The molecule has 0 unspecified atom stereocenters. The van der Waals surface area contributed by atoms with Crippen LogP contribution < -0.4 is 5.69 Å². The fourth-order valence-corrected chi connectivity index (χ4v) is 2.98. The second-order valence-electron chi connectivity index (χ2n) is 4.42. The zero-order valence-electron chi connectivity index (χ0n) is 10.5. The molecule has 6 heteroatoms. The van der Waals surface area contributed by atoms with Crippen LogP contribution in [0.4, 0.5) is 0 Å². The first-order chi connectivity index (χ1) is 9.66. The van der Waals surface area contributed by atoms with Crippen molar-refractivity contribution in [1.29, 1.82) is 0 Å². The number of nitrogens with zero attached hydrogens (tertiary/aromatic N) is 1. The molecular formula is C14H12N2O3S. The van der Waals surface area contributed by atoms with Gasteiger partial charge in [-0.3, -0.25) is 4.57 Å². The third-order valence-corrected chi connectivity index (χ3v) is 4.12. The zero-order chi connectivity index (χ0) is 14.1. The molecule has 2 aromatic heterocycles. The molecule has 5 nitrogen and oxygen atoms in total. The summed E-state index contributed by atoms with van der Waals surface area (Å²) >= 11 is 1.62. The predicted molar refractivity (Wildman–Crippen MR) is 77.5 cm³/mol. The number of aromatic carboxylic acids is 1. The highest BCUT2D eigenvalue weighted by Crippen LogP contribution is 2.17. The summed E-state index contributed by atoms with van der Waals surface area (Å²) in [6.07, 6.45) is 0.707.